The van der Waals surface area contributed by atoms with Gasteiger partial charge in [0.1, 0.15) is 29.3 Å². The van der Waals surface area contributed by atoms with Crippen molar-refractivity contribution in [3.8, 4) is 0 Å². The first-order valence-electron chi connectivity index (χ1n) is 6.17. The molecule has 2 N–H and O–H groups in total. The molecule has 2 aromatic rings. The molecule has 0 unspecified atom stereocenters. The van der Waals surface area contributed by atoms with Crippen molar-refractivity contribution in [3.05, 3.63) is 23.5 Å². The normalized spacial score (nSPS) is 33.0. The highest BCUT2D eigenvalue weighted by Crippen LogP contribution is 2.43. The summed E-state index contributed by atoms with van der Waals surface area (Å²) in [4.78, 5) is 7.55. The first-order valence-corrected chi connectivity index (χ1v) is 6.55. The Hall–Kier alpha value is -1.35. The molecule has 0 saturated carbocycles. The number of hydrogen-bond donors (Lipinski definition) is 2. The van der Waals surface area contributed by atoms with E-state index in [4.69, 9.17) is 21.4 Å². The Morgan fingerprint density at radius 3 is 2.86 bits per heavy atom. The zero-order valence-corrected chi connectivity index (χ0v) is 11.6. The molecule has 3 rings (SSSR count). The second kappa shape index (κ2) is 4.84. The van der Waals surface area contributed by atoms with Gasteiger partial charge in [0.25, 0.3) is 0 Å². The molecular formula is C12H12ClF2N3O3. The molecule has 6 nitrogen and oxygen atoms in total. The van der Waals surface area contributed by atoms with E-state index < -0.39 is 36.5 Å². The average molecular weight is 320 g/mol. The highest BCUT2D eigenvalue weighted by molar-refractivity contribution is 6.34. The van der Waals surface area contributed by atoms with Crippen LogP contribution < -0.4 is 0 Å². The van der Waals surface area contributed by atoms with Crippen LogP contribution in [0.15, 0.2) is 12.5 Å². The van der Waals surface area contributed by atoms with E-state index in [9.17, 15) is 13.9 Å². The van der Waals surface area contributed by atoms with Crippen molar-refractivity contribution in [2.75, 3.05) is 6.61 Å². The average Bonchev–Trinajstić information content (AvgIpc) is 2.87. The zero-order valence-electron chi connectivity index (χ0n) is 10.9. The summed E-state index contributed by atoms with van der Waals surface area (Å²) in [5.41, 5.74) is -2.18. The lowest BCUT2D eigenvalue weighted by molar-refractivity contribution is -0.0566. The third kappa shape index (κ3) is 2.02. The van der Waals surface area contributed by atoms with Gasteiger partial charge in [-0.05, 0) is 6.92 Å². The monoisotopic (exact) mass is 319 g/mol. The number of hydrogen-bond acceptors (Lipinski definition) is 5. The van der Waals surface area contributed by atoms with Crippen LogP contribution >= 0.6 is 11.6 Å². The Kier molecular flexibility index (Phi) is 3.36. The number of ether oxygens (including phenoxy) is 1. The Bertz CT molecular complexity index is 694. The SMILES string of the molecule is C[C@@]1(F)[C@H](O)[C@@H](CO)O[C@H]1n1cc(F)c2c(Cl)ncnc21. The lowest BCUT2D eigenvalue weighted by atomic mass is 9.98. The zero-order chi connectivity index (χ0) is 15.4. The molecule has 0 amide bonds. The molecule has 1 aliphatic heterocycles. The summed E-state index contributed by atoms with van der Waals surface area (Å²) in [7, 11) is 0. The van der Waals surface area contributed by atoms with E-state index >= 15 is 0 Å². The van der Waals surface area contributed by atoms with E-state index in [0.717, 1.165) is 24.0 Å². The second-order valence-electron chi connectivity index (χ2n) is 5.05. The first kappa shape index (κ1) is 14.6. The van der Waals surface area contributed by atoms with Crippen molar-refractivity contribution < 1.29 is 23.7 Å². The van der Waals surface area contributed by atoms with Gasteiger partial charge in [-0.15, -0.1) is 0 Å². The number of fused-ring (bicyclic) bond motifs is 1. The van der Waals surface area contributed by atoms with Gasteiger partial charge in [0.15, 0.2) is 17.7 Å². The summed E-state index contributed by atoms with van der Waals surface area (Å²) in [6.07, 6.45) is -1.90. The highest BCUT2D eigenvalue weighted by Gasteiger charge is 2.55. The van der Waals surface area contributed by atoms with Crippen molar-refractivity contribution in [1.29, 1.82) is 0 Å². The van der Waals surface area contributed by atoms with Crippen molar-refractivity contribution in [2.45, 2.75) is 31.0 Å². The van der Waals surface area contributed by atoms with Crippen LogP contribution in [0.5, 0.6) is 0 Å². The molecule has 0 aliphatic carbocycles. The minimum Gasteiger partial charge on any atom is -0.394 e. The number of rotatable bonds is 2. The number of aromatic nitrogens is 3. The Balaban J connectivity index is 2.15. The van der Waals surface area contributed by atoms with Gasteiger partial charge >= 0.3 is 0 Å². The maximum atomic E-state index is 14.7. The van der Waals surface area contributed by atoms with Gasteiger partial charge in [0.05, 0.1) is 12.0 Å². The number of halogens is 3. The second-order valence-corrected chi connectivity index (χ2v) is 5.41. The van der Waals surface area contributed by atoms with Gasteiger partial charge in [0.2, 0.25) is 0 Å². The molecule has 21 heavy (non-hydrogen) atoms. The maximum absolute atomic E-state index is 14.7. The summed E-state index contributed by atoms with van der Waals surface area (Å²) < 4.78 is 35.1. The Morgan fingerprint density at radius 1 is 1.52 bits per heavy atom. The van der Waals surface area contributed by atoms with Crippen molar-refractivity contribution in [3.63, 3.8) is 0 Å². The molecule has 0 bridgehead atoms. The molecule has 114 valence electrons. The Labute approximate surface area is 122 Å². The predicted molar refractivity (Wildman–Crippen MR) is 69.0 cm³/mol. The number of nitrogens with zero attached hydrogens (tertiary/aromatic N) is 3. The number of alkyl halides is 1. The van der Waals surface area contributed by atoms with E-state index in [1.54, 1.807) is 0 Å². The van der Waals surface area contributed by atoms with Crippen LogP contribution in [0.2, 0.25) is 5.15 Å². The maximum Gasteiger partial charge on any atom is 0.181 e. The predicted octanol–water partition coefficient (Wildman–Crippen LogP) is 1.20. The molecule has 4 atom stereocenters. The van der Waals surface area contributed by atoms with E-state index in [0.29, 0.717) is 0 Å². The van der Waals surface area contributed by atoms with Gasteiger partial charge in [0, 0.05) is 6.20 Å². The summed E-state index contributed by atoms with van der Waals surface area (Å²) in [5.74, 6) is -0.725. The van der Waals surface area contributed by atoms with Crippen molar-refractivity contribution in [1.82, 2.24) is 14.5 Å². The van der Waals surface area contributed by atoms with Gasteiger partial charge in [-0.25, -0.2) is 18.7 Å². The molecule has 1 aliphatic rings. The minimum atomic E-state index is -2.23. The fourth-order valence-electron chi connectivity index (χ4n) is 2.55. The van der Waals surface area contributed by atoms with Gasteiger partial charge in [-0.1, -0.05) is 11.6 Å². The van der Waals surface area contributed by atoms with E-state index in [1.807, 2.05) is 0 Å². The summed E-state index contributed by atoms with van der Waals surface area (Å²) in [6.45, 7) is 0.555. The smallest absolute Gasteiger partial charge is 0.181 e. The standard InChI is InChI=1S/C12H12ClF2N3O3/c1-12(15)8(20)6(3-19)21-11(12)18-2-5(14)7-9(13)16-4-17-10(7)18/h2,4,6,8,11,19-20H,3H2,1H3/t6-,8-,11-,12-/m1/s1. The summed E-state index contributed by atoms with van der Waals surface area (Å²) in [6, 6.07) is 0. The molecule has 0 radical (unpaired) electrons. The van der Waals surface area contributed by atoms with Crippen LogP contribution in [-0.2, 0) is 4.74 Å². The third-order valence-corrected chi connectivity index (χ3v) is 3.95. The summed E-state index contributed by atoms with van der Waals surface area (Å²) >= 11 is 5.81. The lowest BCUT2D eigenvalue weighted by Gasteiger charge is -2.24. The third-order valence-electron chi connectivity index (χ3n) is 3.67. The van der Waals surface area contributed by atoms with E-state index in [2.05, 4.69) is 9.97 Å². The van der Waals surface area contributed by atoms with Crippen LogP contribution in [0.3, 0.4) is 0 Å². The largest absolute Gasteiger partial charge is 0.394 e. The molecule has 1 fully saturated rings. The fourth-order valence-corrected chi connectivity index (χ4v) is 2.76. The summed E-state index contributed by atoms with van der Waals surface area (Å²) in [5, 5.41) is 18.8. The molecule has 3 heterocycles. The van der Waals surface area contributed by atoms with E-state index in [1.165, 1.54) is 0 Å². The Morgan fingerprint density at radius 2 is 2.24 bits per heavy atom. The van der Waals surface area contributed by atoms with Crippen LogP contribution in [-0.4, -0.2) is 49.2 Å². The topological polar surface area (TPSA) is 80.4 Å². The molecule has 2 aromatic heterocycles. The van der Waals surface area contributed by atoms with Gasteiger partial charge < -0.3 is 14.9 Å². The quantitative estimate of drug-likeness (QED) is 0.813. The van der Waals surface area contributed by atoms with Gasteiger partial charge in [-0.3, -0.25) is 4.57 Å². The molecule has 9 heteroatoms. The number of aliphatic hydroxyl groups is 2. The van der Waals surface area contributed by atoms with Crippen LogP contribution in [0.25, 0.3) is 11.0 Å². The molecular weight excluding hydrogens is 308 g/mol. The van der Waals surface area contributed by atoms with Crippen LogP contribution in [0.1, 0.15) is 13.2 Å². The van der Waals surface area contributed by atoms with E-state index in [-0.39, 0.29) is 16.2 Å². The van der Waals surface area contributed by atoms with Gasteiger partial charge in [-0.2, -0.15) is 0 Å². The highest BCUT2D eigenvalue weighted by atomic mass is 35.5. The minimum absolute atomic E-state index is 0.0483. The first-order chi connectivity index (χ1) is 9.87. The number of aliphatic hydroxyl groups excluding tert-OH is 2. The van der Waals surface area contributed by atoms with Crippen LogP contribution in [0.4, 0.5) is 8.78 Å². The molecule has 1 saturated heterocycles. The fraction of sp³-hybridized carbons (Fsp3) is 0.500. The molecule has 0 aromatic carbocycles. The van der Waals surface area contributed by atoms with Crippen molar-refractivity contribution >= 4 is 22.6 Å². The van der Waals surface area contributed by atoms with Crippen molar-refractivity contribution in [2.24, 2.45) is 0 Å². The van der Waals surface area contributed by atoms with Crippen LogP contribution in [0, 0.1) is 5.82 Å². The lowest BCUT2D eigenvalue weighted by Crippen LogP contribution is -2.40. The molecule has 0 spiro atoms.